The molecule has 3 rings (SSSR count). The molecular weight excluding hydrogens is 330 g/mol. The number of nitrogens with zero attached hydrogens (tertiary/aromatic N) is 3. The Kier molecular flexibility index (Phi) is 7.00. The molecule has 2 fully saturated rings. The molecule has 2 saturated heterocycles. The van der Waals surface area contributed by atoms with Gasteiger partial charge < -0.3 is 19.3 Å². The molecule has 144 valence electrons. The number of carbonyl (C=O) groups is 1. The summed E-state index contributed by atoms with van der Waals surface area (Å²) in [5.41, 5.74) is 0.879. The number of piperidine rings is 1. The SMILES string of the molecule is COCC(c1ccccn1)N(C)C(=O)C1CCN(C2CCOCC2)CC1. The van der Waals surface area contributed by atoms with Crippen molar-refractivity contribution in [1.29, 1.82) is 0 Å². The van der Waals surface area contributed by atoms with Gasteiger partial charge in [-0.25, -0.2) is 0 Å². The van der Waals surface area contributed by atoms with Crippen molar-refractivity contribution in [3.63, 3.8) is 0 Å². The first-order valence-electron chi connectivity index (χ1n) is 9.69. The van der Waals surface area contributed by atoms with Gasteiger partial charge in [0.1, 0.15) is 0 Å². The van der Waals surface area contributed by atoms with Crippen molar-refractivity contribution >= 4 is 5.91 Å². The van der Waals surface area contributed by atoms with E-state index in [1.54, 1.807) is 13.3 Å². The van der Waals surface area contributed by atoms with Gasteiger partial charge in [-0.2, -0.15) is 0 Å². The van der Waals surface area contributed by atoms with Crippen LogP contribution >= 0.6 is 0 Å². The molecule has 0 aromatic carbocycles. The van der Waals surface area contributed by atoms with Crippen LogP contribution in [0.3, 0.4) is 0 Å². The third kappa shape index (κ3) is 4.61. The predicted molar refractivity (Wildman–Crippen MR) is 99.8 cm³/mol. The number of rotatable bonds is 6. The van der Waals surface area contributed by atoms with E-state index in [0.29, 0.717) is 12.6 Å². The number of hydrogen-bond donors (Lipinski definition) is 0. The molecule has 0 spiro atoms. The molecule has 3 heterocycles. The molecule has 1 aromatic heterocycles. The highest BCUT2D eigenvalue weighted by molar-refractivity contribution is 5.79. The number of aromatic nitrogens is 1. The van der Waals surface area contributed by atoms with Crippen LogP contribution in [0, 0.1) is 5.92 Å². The molecule has 2 aliphatic heterocycles. The molecule has 2 aliphatic rings. The second kappa shape index (κ2) is 9.44. The Labute approximate surface area is 156 Å². The lowest BCUT2D eigenvalue weighted by atomic mass is 9.92. The summed E-state index contributed by atoms with van der Waals surface area (Å²) >= 11 is 0. The maximum absolute atomic E-state index is 13.1. The normalized spacial score (nSPS) is 21.5. The Morgan fingerprint density at radius 3 is 2.65 bits per heavy atom. The van der Waals surface area contributed by atoms with Crippen molar-refractivity contribution in [3.8, 4) is 0 Å². The summed E-state index contributed by atoms with van der Waals surface area (Å²) in [5.74, 6) is 0.309. The minimum absolute atomic E-state index is 0.0964. The van der Waals surface area contributed by atoms with E-state index in [9.17, 15) is 4.79 Å². The van der Waals surface area contributed by atoms with Crippen molar-refractivity contribution < 1.29 is 14.3 Å². The molecule has 1 amide bonds. The minimum atomic E-state index is -0.137. The van der Waals surface area contributed by atoms with Gasteiger partial charge in [0.05, 0.1) is 18.3 Å². The number of ether oxygens (including phenoxy) is 2. The molecule has 0 saturated carbocycles. The molecule has 6 nitrogen and oxygen atoms in total. The first kappa shape index (κ1) is 19.3. The monoisotopic (exact) mass is 361 g/mol. The van der Waals surface area contributed by atoms with Crippen LogP contribution in [0.2, 0.25) is 0 Å². The predicted octanol–water partition coefficient (Wildman–Crippen LogP) is 2.12. The Balaban J connectivity index is 1.57. The lowest BCUT2D eigenvalue weighted by Gasteiger charge is -2.40. The van der Waals surface area contributed by atoms with Gasteiger partial charge in [0.15, 0.2) is 0 Å². The molecule has 1 atom stereocenters. The van der Waals surface area contributed by atoms with Crippen LogP contribution in [-0.2, 0) is 14.3 Å². The van der Waals surface area contributed by atoms with Crippen LogP contribution in [0.15, 0.2) is 24.4 Å². The average molecular weight is 361 g/mol. The molecular formula is C20H31N3O3. The number of hydrogen-bond acceptors (Lipinski definition) is 5. The summed E-state index contributed by atoms with van der Waals surface area (Å²) in [4.78, 5) is 21.9. The van der Waals surface area contributed by atoms with Crippen LogP contribution in [0.4, 0.5) is 0 Å². The van der Waals surface area contributed by atoms with Gasteiger partial charge in [-0.1, -0.05) is 6.07 Å². The van der Waals surface area contributed by atoms with Crippen molar-refractivity contribution in [1.82, 2.24) is 14.8 Å². The zero-order valence-corrected chi connectivity index (χ0v) is 16.0. The molecule has 0 aliphatic carbocycles. The number of carbonyl (C=O) groups excluding carboxylic acids is 1. The van der Waals surface area contributed by atoms with E-state index in [2.05, 4.69) is 9.88 Å². The zero-order valence-electron chi connectivity index (χ0n) is 16.0. The Hall–Kier alpha value is -1.50. The number of likely N-dealkylation sites (N-methyl/N-ethyl adjacent to an activating group) is 1. The number of pyridine rings is 1. The van der Waals surface area contributed by atoms with E-state index in [1.165, 1.54) is 0 Å². The first-order valence-corrected chi connectivity index (χ1v) is 9.69. The molecule has 0 bridgehead atoms. The molecule has 0 radical (unpaired) electrons. The minimum Gasteiger partial charge on any atom is -0.382 e. The maximum Gasteiger partial charge on any atom is 0.226 e. The number of methoxy groups -OCH3 is 1. The van der Waals surface area contributed by atoms with E-state index in [-0.39, 0.29) is 17.9 Å². The summed E-state index contributed by atoms with van der Waals surface area (Å²) in [6.07, 6.45) is 5.87. The summed E-state index contributed by atoms with van der Waals surface area (Å²) in [5, 5.41) is 0. The Bertz CT molecular complexity index is 555. The summed E-state index contributed by atoms with van der Waals surface area (Å²) in [6.45, 7) is 4.21. The lowest BCUT2D eigenvalue weighted by Crippen LogP contribution is -2.47. The van der Waals surface area contributed by atoms with Gasteiger partial charge in [-0.3, -0.25) is 9.78 Å². The quantitative estimate of drug-likeness (QED) is 0.777. The summed E-state index contributed by atoms with van der Waals surface area (Å²) in [7, 11) is 3.55. The highest BCUT2D eigenvalue weighted by Crippen LogP contribution is 2.27. The van der Waals surface area contributed by atoms with Crippen LogP contribution in [-0.4, -0.2) is 73.8 Å². The molecule has 1 unspecified atom stereocenters. The van der Waals surface area contributed by atoms with Crippen molar-refractivity contribution in [2.75, 3.05) is 47.1 Å². The molecule has 26 heavy (non-hydrogen) atoms. The summed E-state index contributed by atoms with van der Waals surface area (Å²) in [6, 6.07) is 6.30. The van der Waals surface area contributed by atoms with Gasteiger partial charge in [-0.05, 0) is 50.9 Å². The Morgan fingerprint density at radius 1 is 1.31 bits per heavy atom. The van der Waals surface area contributed by atoms with Crippen LogP contribution in [0.5, 0.6) is 0 Å². The third-order valence-electron chi connectivity index (χ3n) is 5.75. The highest BCUT2D eigenvalue weighted by atomic mass is 16.5. The van der Waals surface area contributed by atoms with E-state index < -0.39 is 0 Å². The molecule has 0 N–H and O–H groups in total. The van der Waals surface area contributed by atoms with Crippen LogP contribution < -0.4 is 0 Å². The van der Waals surface area contributed by atoms with Gasteiger partial charge in [-0.15, -0.1) is 0 Å². The second-order valence-electron chi connectivity index (χ2n) is 7.33. The maximum atomic E-state index is 13.1. The fraction of sp³-hybridized carbons (Fsp3) is 0.700. The van der Waals surface area contributed by atoms with Gasteiger partial charge in [0.25, 0.3) is 0 Å². The third-order valence-corrected chi connectivity index (χ3v) is 5.75. The van der Waals surface area contributed by atoms with E-state index in [0.717, 1.165) is 57.7 Å². The van der Waals surface area contributed by atoms with Crippen LogP contribution in [0.1, 0.15) is 37.4 Å². The molecule has 1 aromatic rings. The van der Waals surface area contributed by atoms with E-state index >= 15 is 0 Å². The van der Waals surface area contributed by atoms with Crippen LogP contribution in [0.25, 0.3) is 0 Å². The fourth-order valence-electron chi connectivity index (χ4n) is 4.13. The smallest absolute Gasteiger partial charge is 0.226 e. The first-order chi connectivity index (χ1) is 12.7. The van der Waals surface area contributed by atoms with E-state index in [1.807, 2.05) is 30.1 Å². The van der Waals surface area contributed by atoms with Crippen molar-refractivity contribution in [2.24, 2.45) is 5.92 Å². The number of amides is 1. The van der Waals surface area contributed by atoms with Gasteiger partial charge >= 0.3 is 0 Å². The average Bonchev–Trinajstić information content (AvgIpc) is 2.72. The Morgan fingerprint density at radius 2 is 2.04 bits per heavy atom. The second-order valence-corrected chi connectivity index (χ2v) is 7.33. The summed E-state index contributed by atoms with van der Waals surface area (Å²) < 4.78 is 10.8. The van der Waals surface area contributed by atoms with Crippen molar-refractivity contribution in [3.05, 3.63) is 30.1 Å². The van der Waals surface area contributed by atoms with Gasteiger partial charge in [0.2, 0.25) is 5.91 Å². The zero-order chi connectivity index (χ0) is 18.4. The topological polar surface area (TPSA) is 54.9 Å². The van der Waals surface area contributed by atoms with E-state index in [4.69, 9.17) is 9.47 Å². The standard InChI is InChI=1S/C20H31N3O3/c1-22(19(15-25-2)18-5-3-4-10-21-18)20(24)16-6-11-23(12-7-16)17-8-13-26-14-9-17/h3-5,10,16-17,19H,6-9,11-15H2,1-2H3. The largest absolute Gasteiger partial charge is 0.382 e. The molecule has 6 heteroatoms. The van der Waals surface area contributed by atoms with Crippen molar-refractivity contribution in [2.45, 2.75) is 37.8 Å². The lowest BCUT2D eigenvalue weighted by molar-refractivity contribution is -0.139. The number of likely N-dealkylation sites (tertiary alicyclic amines) is 1. The fourth-order valence-corrected chi connectivity index (χ4v) is 4.13. The highest BCUT2D eigenvalue weighted by Gasteiger charge is 2.33. The van der Waals surface area contributed by atoms with Gasteiger partial charge in [0, 0.05) is 45.5 Å².